The fourth-order valence-electron chi connectivity index (χ4n) is 13.4. The van der Waals surface area contributed by atoms with Gasteiger partial charge in [0.15, 0.2) is 0 Å². The number of fused-ring (bicyclic) bond motifs is 6. The van der Waals surface area contributed by atoms with Crippen molar-refractivity contribution in [2.45, 2.75) is 13.8 Å². The van der Waals surface area contributed by atoms with Crippen LogP contribution in [0.3, 0.4) is 0 Å². The standard InChI is InChI=1S/C86H62N4/c1-59-19-15-17-29-81(59)87(75-47-35-65(36-48-75)69-41-53-85-79(57-69)77-55-67(61-21-7-3-8-22-61)39-51-83(77)89(85)71-25-11-5-12-26-71)73-43-31-63(32-44-73)64-33-45-74(46-34-64)88(82-30-18-16-20-60(82)2)76-49-37-66(38-50-76)70-42-54-86-80(58-70)78-56-68(62-23-9-4-10-24-62)40-52-84(78)90(86)72-27-13-6-14-28-72/h3-58H,1-2H3. The average Bonchev–Trinajstić information content (AvgIpc) is 1.72. The van der Waals surface area contributed by atoms with Gasteiger partial charge in [-0.2, -0.15) is 0 Å². The minimum atomic E-state index is 1.09. The second-order valence-corrected chi connectivity index (χ2v) is 23.4. The van der Waals surface area contributed by atoms with Gasteiger partial charge in [-0.25, -0.2) is 0 Å². The van der Waals surface area contributed by atoms with Crippen molar-refractivity contribution < 1.29 is 0 Å². The number of rotatable bonds is 13. The number of para-hydroxylation sites is 4. The third kappa shape index (κ3) is 9.78. The van der Waals surface area contributed by atoms with Gasteiger partial charge in [0, 0.05) is 67.0 Å². The summed E-state index contributed by atoms with van der Waals surface area (Å²) in [6.07, 6.45) is 0. The molecule has 90 heavy (non-hydrogen) atoms. The minimum absolute atomic E-state index is 1.09. The topological polar surface area (TPSA) is 16.3 Å². The van der Waals surface area contributed by atoms with E-state index in [4.69, 9.17) is 0 Å². The molecule has 0 atom stereocenters. The maximum absolute atomic E-state index is 2.39. The van der Waals surface area contributed by atoms with E-state index in [-0.39, 0.29) is 0 Å². The molecule has 0 radical (unpaired) electrons. The van der Waals surface area contributed by atoms with E-state index in [0.29, 0.717) is 0 Å². The molecule has 0 N–H and O–H groups in total. The molecular formula is C86H62N4. The predicted molar refractivity (Wildman–Crippen MR) is 381 cm³/mol. The molecule has 0 aliphatic rings. The van der Waals surface area contributed by atoms with Crippen molar-refractivity contribution in [1.82, 2.24) is 9.13 Å². The Balaban J connectivity index is 0.696. The number of hydrogen-bond acceptors (Lipinski definition) is 2. The van der Waals surface area contributed by atoms with Crippen molar-refractivity contribution in [3.8, 4) is 67.0 Å². The van der Waals surface area contributed by atoms with E-state index in [9.17, 15) is 0 Å². The molecule has 4 nitrogen and oxygen atoms in total. The summed E-state index contributed by atoms with van der Waals surface area (Å²) in [5.74, 6) is 0. The molecule has 0 aliphatic carbocycles. The van der Waals surface area contributed by atoms with Crippen LogP contribution in [-0.2, 0) is 0 Å². The van der Waals surface area contributed by atoms with Crippen molar-refractivity contribution in [3.63, 3.8) is 0 Å². The Hall–Kier alpha value is -11.7. The van der Waals surface area contributed by atoms with Gasteiger partial charge in [0.05, 0.1) is 22.1 Å². The average molecular weight is 1150 g/mol. The summed E-state index contributed by atoms with van der Waals surface area (Å²) in [6.45, 7) is 4.39. The van der Waals surface area contributed by atoms with E-state index in [2.05, 4.69) is 372 Å². The van der Waals surface area contributed by atoms with Gasteiger partial charge in [-0.05, 0) is 214 Å². The molecule has 0 fully saturated rings. The lowest BCUT2D eigenvalue weighted by Gasteiger charge is -2.28. The van der Waals surface area contributed by atoms with Crippen LogP contribution < -0.4 is 9.80 Å². The Morgan fingerprint density at radius 2 is 0.422 bits per heavy atom. The van der Waals surface area contributed by atoms with Crippen LogP contribution in [0.4, 0.5) is 34.1 Å². The maximum Gasteiger partial charge on any atom is 0.0541 e. The highest BCUT2D eigenvalue weighted by atomic mass is 15.1. The first-order valence-corrected chi connectivity index (χ1v) is 31.0. The fraction of sp³-hybridized carbons (Fsp3) is 0.0233. The van der Waals surface area contributed by atoms with E-state index in [1.807, 2.05) is 0 Å². The summed E-state index contributed by atoms with van der Waals surface area (Å²) in [5.41, 5.74) is 27.9. The van der Waals surface area contributed by atoms with Crippen molar-refractivity contribution in [1.29, 1.82) is 0 Å². The third-order valence-corrected chi connectivity index (χ3v) is 18.0. The van der Waals surface area contributed by atoms with Gasteiger partial charge < -0.3 is 18.9 Å². The van der Waals surface area contributed by atoms with Gasteiger partial charge in [0.2, 0.25) is 0 Å². The summed E-state index contributed by atoms with van der Waals surface area (Å²) < 4.78 is 4.78. The van der Waals surface area contributed by atoms with Gasteiger partial charge in [-0.1, -0.05) is 206 Å². The van der Waals surface area contributed by atoms with Crippen LogP contribution in [0.2, 0.25) is 0 Å². The largest absolute Gasteiger partial charge is 0.310 e. The van der Waals surface area contributed by atoms with Gasteiger partial charge in [-0.3, -0.25) is 0 Å². The fourth-order valence-corrected chi connectivity index (χ4v) is 13.4. The Kier molecular flexibility index (Phi) is 13.6. The highest BCUT2D eigenvalue weighted by Crippen LogP contribution is 2.44. The third-order valence-electron chi connectivity index (χ3n) is 18.0. The minimum Gasteiger partial charge on any atom is -0.310 e. The molecule has 0 amide bonds. The monoisotopic (exact) mass is 1150 g/mol. The van der Waals surface area contributed by atoms with E-state index in [1.54, 1.807) is 0 Å². The lowest BCUT2D eigenvalue weighted by atomic mass is 9.99. The van der Waals surface area contributed by atoms with Crippen LogP contribution in [-0.4, -0.2) is 9.13 Å². The van der Waals surface area contributed by atoms with Crippen LogP contribution in [0, 0.1) is 13.8 Å². The molecule has 0 saturated heterocycles. The maximum atomic E-state index is 2.39. The number of aryl methyl sites for hydroxylation is 2. The molecule has 0 aliphatic heterocycles. The highest BCUT2D eigenvalue weighted by Gasteiger charge is 2.21. The Morgan fingerprint density at radius 1 is 0.200 bits per heavy atom. The number of hydrogen-bond donors (Lipinski definition) is 0. The van der Waals surface area contributed by atoms with Crippen LogP contribution in [0.1, 0.15) is 11.1 Å². The molecule has 0 saturated carbocycles. The zero-order valence-corrected chi connectivity index (χ0v) is 50.1. The van der Waals surface area contributed by atoms with Crippen molar-refractivity contribution in [3.05, 3.63) is 351 Å². The summed E-state index contributed by atoms with van der Waals surface area (Å²) in [5, 5.41) is 4.93. The quantitative estimate of drug-likeness (QED) is 0.114. The lowest BCUT2D eigenvalue weighted by Crippen LogP contribution is -2.11. The SMILES string of the molecule is Cc1ccccc1N(c1ccc(-c2ccc(N(c3ccc(-c4ccc5c(c4)c4cc(-c6ccccc6)ccc4n5-c4ccccc4)cc3)c3ccccc3C)cc2)cc1)c1ccc(-c2ccc3c(c2)c2cc(-c4ccccc4)ccc2n3-c2ccccc2)cc1. The van der Waals surface area contributed by atoms with Gasteiger partial charge >= 0.3 is 0 Å². The van der Waals surface area contributed by atoms with Crippen molar-refractivity contribution in [2.24, 2.45) is 0 Å². The molecule has 0 unspecified atom stereocenters. The molecule has 16 aromatic rings. The summed E-state index contributed by atoms with van der Waals surface area (Å²) in [4.78, 5) is 4.76. The smallest absolute Gasteiger partial charge is 0.0541 e. The zero-order valence-electron chi connectivity index (χ0n) is 50.1. The van der Waals surface area contributed by atoms with Crippen LogP contribution >= 0.6 is 0 Å². The molecule has 14 aromatic carbocycles. The normalized spacial score (nSPS) is 11.4. The first kappa shape index (κ1) is 53.7. The molecule has 16 rings (SSSR count). The van der Waals surface area contributed by atoms with Crippen LogP contribution in [0.25, 0.3) is 111 Å². The van der Waals surface area contributed by atoms with E-state index in [1.165, 1.54) is 88.1 Å². The Morgan fingerprint density at radius 3 is 0.700 bits per heavy atom. The summed E-state index contributed by atoms with van der Waals surface area (Å²) in [7, 11) is 0. The van der Waals surface area contributed by atoms with E-state index < -0.39 is 0 Å². The second-order valence-electron chi connectivity index (χ2n) is 23.4. The van der Waals surface area contributed by atoms with E-state index in [0.717, 1.165) is 67.8 Å². The number of aromatic nitrogens is 2. The zero-order chi connectivity index (χ0) is 60.1. The van der Waals surface area contributed by atoms with Crippen molar-refractivity contribution >= 4 is 77.7 Å². The summed E-state index contributed by atoms with van der Waals surface area (Å²) in [6, 6.07) is 124. The van der Waals surface area contributed by atoms with Gasteiger partial charge in [0.25, 0.3) is 0 Å². The first-order valence-electron chi connectivity index (χ1n) is 31.0. The van der Waals surface area contributed by atoms with Crippen LogP contribution in [0.5, 0.6) is 0 Å². The molecular weight excluding hydrogens is 1090 g/mol. The van der Waals surface area contributed by atoms with Crippen molar-refractivity contribution in [2.75, 3.05) is 9.80 Å². The predicted octanol–water partition coefficient (Wildman–Crippen LogP) is 23.8. The molecule has 0 bridgehead atoms. The highest BCUT2D eigenvalue weighted by molar-refractivity contribution is 6.13. The Labute approximate surface area is 525 Å². The van der Waals surface area contributed by atoms with E-state index >= 15 is 0 Å². The summed E-state index contributed by atoms with van der Waals surface area (Å²) >= 11 is 0. The molecule has 4 heteroatoms. The Bertz CT molecular complexity index is 4930. The number of benzene rings is 14. The number of anilines is 6. The molecule has 2 aromatic heterocycles. The van der Waals surface area contributed by atoms with Gasteiger partial charge in [-0.15, -0.1) is 0 Å². The van der Waals surface area contributed by atoms with Gasteiger partial charge in [0.1, 0.15) is 0 Å². The number of nitrogens with zero attached hydrogens (tertiary/aromatic N) is 4. The lowest BCUT2D eigenvalue weighted by molar-refractivity contribution is 1.18. The second kappa shape index (κ2) is 22.9. The molecule has 2 heterocycles. The first-order chi connectivity index (χ1) is 44.5. The molecule has 0 spiro atoms. The molecule has 426 valence electrons. The van der Waals surface area contributed by atoms with Crippen LogP contribution in [0.15, 0.2) is 340 Å².